The van der Waals surface area contributed by atoms with Crippen LogP contribution < -0.4 is 0 Å². The molecule has 1 heterocycles. The Bertz CT molecular complexity index is 853. The van der Waals surface area contributed by atoms with Crippen LogP contribution in [-0.4, -0.2) is 65.2 Å². The van der Waals surface area contributed by atoms with E-state index in [1.165, 1.54) is 6.07 Å². The minimum atomic E-state index is -0.721. The lowest BCUT2D eigenvalue weighted by atomic mass is 9.48. The van der Waals surface area contributed by atoms with Crippen molar-refractivity contribution in [2.75, 3.05) is 32.8 Å². The average Bonchev–Trinajstić information content (AvgIpc) is 2.72. The van der Waals surface area contributed by atoms with Gasteiger partial charge in [-0.15, -0.1) is 0 Å². The average molecular weight is 431 g/mol. The lowest BCUT2D eigenvalue weighted by molar-refractivity contribution is -0.197. The molecule has 1 saturated heterocycles. The van der Waals surface area contributed by atoms with E-state index in [0.717, 1.165) is 32.1 Å². The fourth-order valence-electron chi connectivity index (χ4n) is 6.85. The number of hydrogen-bond donors (Lipinski definition) is 1. The maximum absolute atomic E-state index is 13.9. The third-order valence-corrected chi connectivity index (χ3v) is 7.87. The van der Waals surface area contributed by atoms with Gasteiger partial charge in [0.2, 0.25) is 0 Å². The number of ether oxygens (including phenoxy) is 1. The standard InChI is InChI=1S/C24H31FN2O4/c25-20-4-2-1-3-19(20)14-26-5-7-27(8-6-26)21(28)15-31-22(29)23-10-17-9-18(11-23)13-24(30,12-17)16-23/h1-4,17-18,30H,5-16H2. The highest BCUT2D eigenvalue weighted by Gasteiger charge is 2.61. The van der Waals surface area contributed by atoms with Crippen LogP contribution in [0.1, 0.15) is 44.1 Å². The minimum absolute atomic E-state index is 0.178. The SMILES string of the molecule is O=C(COC(=O)C12CC3CC(CC(O)(C3)C1)C2)N1CCN(Cc2ccccc2F)CC1. The van der Waals surface area contributed by atoms with E-state index < -0.39 is 11.0 Å². The van der Waals surface area contributed by atoms with E-state index in [2.05, 4.69) is 4.90 Å². The van der Waals surface area contributed by atoms with Crippen LogP contribution in [0.5, 0.6) is 0 Å². The molecule has 6 nitrogen and oxygen atoms in total. The smallest absolute Gasteiger partial charge is 0.312 e. The predicted octanol–water partition coefficient (Wildman–Crippen LogP) is 2.34. The molecule has 2 atom stereocenters. The highest BCUT2D eigenvalue weighted by atomic mass is 19.1. The van der Waals surface area contributed by atoms with Crippen LogP contribution in [0.3, 0.4) is 0 Å². The van der Waals surface area contributed by atoms with Crippen molar-refractivity contribution in [1.29, 1.82) is 0 Å². The first kappa shape index (κ1) is 20.9. The Hall–Kier alpha value is -1.99. The van der Waals surface area contributed by atoms with E-state index in [0.29, 0.717) is 56.5 Å². The number of esters is 1. The molecule has 1 N–H and O–H groups in total. The van der Waals surface area contributed by atoms with E-state index in [1.54, 1.807) is 17.0 Å². The summed E-state index contributed by atoms with van der Waals surface area (Å²) in [7, 11) is 0. The summed E-state index contributed by atoms with van der Waals surface area (Å²) in [4.78, 5) is 29.4. The second-order valence-electron chi connectivity index (χ2n) is 10.3. The molecule has 4 saturated carbocycles. The maximum atomic E-state index is 13.9. The van der Waals surface area contributed by atoms with Crippen LogP contribution in [-0.2, 0) is 20.9 Å². The molecule has 1 aromatic carbocycles. The number of piperazine rings is 1. The maximum Gasteiger partial charge on any atom is 0.312 e. The predicted molar refractivity (Wildman–Crippen MR) is 111 cm³/mol. The highest BCUT2D eigenvalue weighted by Crippen LogP contribution is 2.61. The van der Waals surface area contributed by atoms with E-state index in [9.17, 15) is 19.1 Å². The number of hydrogen-bond acceptors (Lipinski definition) is 5. The largest absolute Gasteiger partial charge is 0.455 e. The van der Waals surface area contributed by atoms with Crippen molar-refractivity contribution in [3.8, 4) is 0 Å². The fraction of sp³-hybridized carbons (Fsp3) is 0.667. The molecule has 4 bridgehead atoms. The van der Waals surface area contributed by atoms with Crippen molar-refractivity contribution in [3.63, 3.8) is 0 Å². The molecule has 6 rings (SSSR count). The Morgan fingerprint density at radius 3 is 2.39 bits per heavy atom. The highest BCUT2D eigenvalue weighted by molar-refractivity contribution is 5.83. The minimum Gasteiger partial charge on any atom is -0.455 e. The van der Waals surface area contributed by atoms with Crippen molar-refractivity contribution < 1.29 is 23.8 Å². The molecule has 2 unspecified atom stereocenters. The molecule has 7 heteroatoms. The topological polar surface area (TPSA) is 70.1 Å². The fourth-order valence-corrected chi connectivity index (χ4v) is 6.85. The van der Waals surface area contributed by atoms with E-state index >= 15 is 0 Å². The van der Waals surface area contributed by atoms with Crippen LogP contribution in [0.2, 0.25) is 0 Å². The Morgan fingerprint density at radius 1 is 1.06 bits per heavy atom. The Morgan fingerprint density at radius 2 is 1.74 bits per heavy atom. The molecule has 0 radical (unpaired) electrons. The molecule has 31 heavy (non-hydrogen) atoms. The lowest BCUT2D eigenvalue weighted by Crippen LogP contribution is -2.58. The number of aliphatic hydroxyl groups is 1. The Balaban J connectivity index is 1.11. The summed E-state index contributed by atoms with van der Waals surface area (Å²) in [6, 6.07) is 6.76. The zero-order chi connectivity index (χ0) is 21.6. The van der Waals surface area contributed by atoms with Crippen molar-refractivity contribution in [2.24, 2.45) is 17.3 Å². The summed E-state index contributed by atoms with van der Waals surface area (Å²) in [5.74, 6) is 0.116. The van der Waals surface area contributed by atoms with Gasteiger partial charge in [-0.05, 0) is 56.4 Å². The second kappa shape index (κ2) is 7.85. The van der Waals surface area contributed by atoms with Crippen LogP contribution in [0.25, 0.3) is 0 Å². The summed E-state index contributed by atoms with van der Waals surface area (Å²) in [6.45, 7) is 2.70. The zero-order valence-corrected chi connectivity index (χ0v) is 17.9. The summed E-state index contributed by atoms with van der Waals surface area (Å²) in [5, 5.41) is 10.8. The van der Waals surface area contributed by atoms with Crippen molar-refractivity contribution in [2.45, 2.75) is 50.7 Å². The van der Waals surface area contributed by atoms with Gasteiger partial charge in [0.1, 0.15) is 5.82 Å². The molecule has 4 aliphatic carbocycles. The third kappa shape index (κ3) is 4.10. The van der Waals surface area contributed by atoms with Gasteiger partial charge < -0.3 is 14.7 Å². The number of halogens is 1. The molecular weight excluding hydrogens is 399 g/mol. The first-order chi connectivity index (χ1) is 14.8. The van der Waals surface area contributed by atoms with E-state index in [-0.39, 0.29) is 24.3 Å². The first-order valence-corrected chi connectivity index (χ1v) is 11.5. The van der Waals surface area contributed by atoms with Crippen LogP contribution in [0, 0.1) is 23.1 Å². The monoisotopic (exact) mass is 430 g/mol. The van der Waals surface area contributed by atoms with Gasteiger partial charge in [0.05, 0.1) is 11.0 Å². The normalized spacial score (nSPS) is 34.7. The molecule has 168 valence electrons. The van der Waals surface area contributed by atoms with Gasteiger partial charge in [-0.25, -0.2) is 4.39 Å². The van der Waals surface area contributed by atoms with Gasteiger partial charge in [-0.2, -0.15) is 0 Å². The van der Waals surface area contributed by atoms with Gasteiger partial charge in [0.25, 0.3) is 5.91 Å². The van der Waals surface area contributed by atoms with Gasteiger partial charge in [0.15, 0.2) is 6.61 Å². The van der Waals surface area contributed by atoms with Gasteiger partial charge in [-0.3, -0.25) is 14.5 Å². The lowest BCUT2D eigenvalue weighted by Gasteiger charge is -2.58. The molecule has 0 aromatic heterocycles. The Kier molecular flexibility index (Phi) is 5.29. The quantitative estimate of drug-likeness (QED) is 0.727. The summed E-state index contributed by atoms with van der Waals surface area (Å²) in [5.41, 5.74) is -0.660. The van der Waals surface area contributed by atoms with Gasteiger partial charge in [0, 0.05) is 38.3 Å². The first-order valence-electron chi connectivity index (χ1n) is 11.5. The van der Waals surface area contributed by atoms with Crippen molar-refractivity contribution >= 4 is 11.9 Å². The van der Waals surface area contributed by atoms with Crippen molar-refractivity contribution in [3.05, 3.63) is 35.6 Å². The number of nitrogens with zero attached hydrogens (tertiary/aromatic N) is 2. The molecule has 1 amide bonds. The van der Waals surface area contributed by atoms with E-state index in [1.807, 2.05) is 6.07 Å². The number of carbonyl (C=O) groups is 2. The van der Waals surface area contributed by atoms with Gasteiger partial charge >= 0.3 is 5.97 Å². The molecule has 5 fully saturated rings. The van der Waals surface area contributed by atoms with Crippen LogP contribution in [0.4, 0.5) is 4.39 Å². The molecule has 1 aliphatic heterocycles. The number of carbonyl (C=O) groups excluding carboxylic acids is 2. The number of amides is 1. The van der Waals surface area contributed by atoms with Gasteiger partial charge in [-0.1, -0.05) is 18.2 Å². The van der Waals surface area contributed by atoms with Crippen LogP contribution >= 0.6 is 0 Å². The summed E-state index contributed by atoms with van der Waals surface area (Å²) in [6.07, 6.45) is 4.76. The number of benzene rings is 1. The molecular formula is C24H31FN2O4. The number of rotatable bonds is 5. The summed E-state index contributed by atoms with van der Waals surface area (Å²) < 4.78 is 19.4. The molecule has 1 aromatic rings. The van der Waals surface area contributed by atoms with Crippen LogP contribution in [0.15, 0.2) is 24.3 Å². The molecule has 0 spiro atoms. The second-order valence-corrected chi connectivity index (χ2v) is 10.3. The van der Waals surface area contributed by atoms with E-state index in [4.69, 9.17) is 4.74 Å². The Labute approximate surface area is 182 Å². The summed E-state index contributed by atoms with van der Waals surface area (Å²) >= 11 is 0. The van der Waals surface area contributed by atoms with Crippen molar-refractivity contribution in [1.82, 2.24) is 9.80 Å². The zero-order valence-electron chi connectivity index (χ0n) is 17.9. The molecule has 5 aliphatic rings. The third-order valence-electron chi connectivity index (χ3n) is 7.87.